The lowest BCUT2D eigenvalue weighted by atomic mass is 9.96. The number of nitrogens with zero attached hydrogens (tertiary/aromatic N) is 2. The van der Waals surface area contributed by atoms with E-state index in [9.17, 15) is 9.59 Å². The van der Waals surface area contributed by atoms with E-state index in [4.69, 9.17) is 0 Å². The largest absolute Gasteiger partial charge is 0.319 e. The van der Waals surface area contributed by atoms with E-state index in [0.29, 0.717) is 0 Å². The van der Waals surface area contributed by atoms with Crippen LogP contribution in [0.4, 0.5) is 0 Å². The Morgan fingerprint density at radius 3 is 1.55 bits per heavy atom. The number of amides is 2. The quantitative estimate of drug-likeness (QED) is 0.613. The van der Waals surface area contributed by atoms with Crippen molar-refractivity contribution in [3.63, 3.8) is 0 Å². The second-order valence-electron chi connectivity index (χ2n) is 6.39. The van der Waals surface area contributed by atoms with E-state index in [2.05, 4.69) is 13.2 Å². The van der Waals surface area contributed by atoms with Crippen molar-refractivity contribution in [2.24, 2.45) is 11.8 Å². The summed E-state index contributed by atoms with van der Waals surface area (Å²) < 4.78 is 0. The summed E-state index contributed by atoms with van der Waals surface area (Å²) in [6, 6.07) is 0. The molecule has 0 radical (unpaired) electrons. The molecule has 0 aromatic heterocycles. The Kier molecular flexibility index (Phi) is 6.22. The first-order chi connectivity index (χ1) is 10.7. The number of unbranched alkanes of at least 4 members (excludes halogenated alkanes) is 3. The standard InChI is InChI=1S/C18H28N2O2/c1-3-19-13-11-15(17(19)21)9-7-5-6-8-10-16-12-14-20(4-2)18(16)22/h3-4,15-16H,1-2,5-14H2. The van der Waals surface area contributed by atoms with E-state index in [1.165, 1.54) is 0 Å². The van der Waals surface area contributed by atoms with Gasteiger partial charge in [0.1, 0.15) is 0 Å². The van der Waals surface area contributed by atoms with Gasteiger partial charge in [0.25, 0.3) is 0 Å². The zero-order valence-electron chi connectivity index (χ0n) is 13.5. The van der Waals surface area contributed by atoms with Crippen LogP contribution in [-0.4, -0.2) is 34.7 Å². The Morgan fingerprint density at radius 2 is 1.23 bits per heavy atom. The van der Waals surface area contributed by atoms with Gasteiger partial charge in [-0.05, 0) is 38.1 Å². The molecule has 0 aromatic rings. The van der Waals surface area contributed by atoms with E-state index < -0.39 is 0 Å². The lowest BCUT2D eigenvalue weighted by Crippen LogP contribution is -2.21. The average Bonchev–Trinajstić information content (AvgIpc) is 3.06. The van der Waals surface area contributed by atoms with Crippen molar-refractivity contribution >= 4 is 11.8 Å². The highest BCUT2D eigenvalue weighted by Crippen LogP contribution is 2.26. The Balaban J connectivity index is 1.53. The first-order valence-electron chi connectivity index (χ1n) is 8.53. The smallest absolute Gasteiger partial charge is 0.229 e. The third kappa shape index (κ3) is 3.99. The zero-order valence-corrected chi connectivity index (χ0v) is 13.5. The Morgan fingerprint density at radius 1 is 0.818 bits per heavy atom. The number of carbonyl (C=O) groups is 2. The Bertz CT molecular complexity index is 393. The van der Waals surface area contributed by atoms with Crippen LogP contribution in [0.5, 0.6) is 0 Å². The predicted octanol–water partition coefficient (Wildman–Crippen LogP) is 3.31. The molecule has 2 aliphatic rings. The fourth-order valence-corrected chi connectivity index (χ4v) is 3.56. The molecule has 2 atom stereocenters. The predicted molar refractivity (Wildman–Crippen MR) is 87.7 cm³/mol. The first kappa shape index (κ1) is 16.8. The number of hydrogen-bond acceptors (Lipinski definition) is 2. The minimum absolute atomic E-state index is 0.204. The molecular formula is C18H28N2O2. The molecule has 2 fully saturated rings. The number of likely N-dealkylation sites (tertiary alicyclic amines) is 2. The lowest BCUT2D eigenvalue weighted by molar-refractivity contribution is -0.129. The van der Waals surface area contributed by atoms with E-state index in [1.54, 1.807) is 22.2 Å². The summed E-state index contributed by atoms with van der Waals surface area (Å²) in [5, 5.41) is 0. The molecule has 2 aliphatic heterocycles. The average molecular weight is 304 g/mol. The minimum atomic E-state index is 0.204. The topological polar surface area (TPSA) is 40.6 Å². The highest BCUT2D eigenvalue weighted by Gasteiger charge is 2.30. The van der Waals surface area contributed by atoms with Gasteiger partial charge in [0.15, 0.2) is 0 Å². The van der Waals surface area contributed by atoms with Crippen molar-refractivity contribution in [1.29, 1.82) is 0 Å². The van der Waals surface area contributed by atoms with Gasteiger partial charge in [0, 0.05) is 24.9 Å². The summed E-state index contributed by atoms with van der Waals surface area (Å²) in [6.07, 6.45) is 11.8. The molecule has 4 heteroatoms. The van der Waals surface area contributed by atoms with Crippen LogP contribution in [0.1, 0.15) is 51.4 Å². The number of carbonyl (C=O) groups excluding carboxylic acids is 2. The highest BCUT2D eigenvalue weighted by atomic mass is 16.2. The van der Waals surface area contributed by atoms with Crippen molar-refractivity contribution in [1.82, 2.24) is 9.80 Å². The van der Waals surface area contributed by atoms with Crippen LogP contribution in [0.2, 0.25) is 0 Å². The lowest BCUT2D eigenvalue weighted by Gasteiger charge is -2.11. The molecule has 0 saturated carbocycles. The molecule has 2 rings (SSSR count). The molecule has 2 amide bonds. The van der Waals surface area contributed by atoms with Crippen LogP contribution in [0.25, 0.3) is 0 Å². The summed E-state index contributed by atoms with van der Waals surface area (Å²) in [4.78, 5) is 27.3. The van der Waals surface area contributed by atoms with Crippen LogP contribution < -0.4 is 0 Å². The molecule has 0 N–H and O–H groups in total. The van der Waals surface area contributed by atoms with E-state index in [1.807, 2.05) is 0 Å². The molecule has 2 unspecified atom stereocenters. The van der Waals surface area contributed by atoms with Crippen LogP contribution in [0, 0.1) is 11.8 Å². The van der Waals surface area contributed by atoms with Gasteiger partial charge in [-0.1, -0.05) is 38.8 Å². The monoisotopic (exact) mass is 304 g/mol. The summed E-state index contributed by atoms with van der Waals surface area (Å²) in [6.45, 7) is 9.00. The maximum atomic E-state index is 11.9. The van der Waals surface area contributed by atoms with Gasteiger partial charge in [-0.15, -0.1) is 0 Å². The molecule has 2 heterocycles. The van der Waals surface area contributed by atoms with E-state index in [-0.39, 0.29) is 23.7 Å². The maximum absolute atomic E-state index is 11.9. The van der Waals surface area contributed by atoms with Crippen LogP contribution >= 0.6 is 0 Å². The Labute approximate surface area is 133 Å². The Hall–Kier alpha value is -1.58. The molecule has 2 saturated heterocycles. The number of hydrogen-bond donors (Lipinski definition) is 0. The van der Waals surface area contributed by atoms with Gasteiger partial charge in [-0.2, -0.15) is 0 Å². The first-order valence-corrected chi connectivity index (χ1v) is 8.53. The SMILES string of the molecule is C=CN1CCC(CCCCCCC2CCN(C=C)C2=O)C1=O. The van der Waals surface area contributed by atoms with E-state index >= 15 is 0 Å². The van der Waals surface area contributed by atoms with Gasteiger partial charge in [0.2, 0.25) is 11.8 Å². The third-order valence-corrected chi connectivity index (χ3v) is 5.00. The van der Waals surface area contributed by atoms with Crippen molar-refractivity contribution in [3.05, 3.63) is 25.6 Å². The van der Waals surface area contributed by atoms with Crippen LogP contribution in [0.3, 0.4) is 0 Å². The second-order valence-corrected chi connectivity index (χ2v) is 6.39. The molecule has 0 aromatic carbocycles. The van der Waals surface area contributed by atoms with Gasteiger partial charge < -0.3 is 9.80 Å². The summed E-state index contributed by atoms with van der Waals surface area (Å²) in [5.74, 6) is 0.901. The van der Waals surface area contributed by atoms with Crippen LogP contribution in [0.15, 0.2) is 25.6 Å². The zero-order chi connectivity index (χ0) is 15.9. The van der Waals surface area contributed by atoms with Gasteiger partial charge in [-0.3, -0.25) is 9.59 Å². The molecule has 0 spiro atoms. The van der Waals surface area contributed by atoms with Crippen molar-refractivity contribution in [2.45, 2.75) is 51.4 Å². The maximum Gasteiger partial charge on any atom is 0.229 e. The molecule has 122 valence electrons. The van der Waals surface area contributed by atoms with Crippen molar-refractivity contribution in [2.75, 3.05) is 13.1 Å². The number of rotatable bonds is 9. The van der Waals surface area contributed by atoms with Gasteiger partial charge in [-0.25, -0.2) is 0 Å². The van der Waals surface area contributed by atoms with Gasteiger partial charge in [0.05, 0.1) is 0 Å². The van der Waals surface area contributed by atoms with Crippen LogP contribution in [-0.2, 0) is 9.59 Å². The second kappa shape index (κ2) is 8.16. The summed E-state index contributed by atoms with van der Waals surface area (Å²) in [7, 11) is 0. The molecule has 22 heavy (non-hydrogen) atoms. The highest BCUT2D eigenvalue weighted by molar-refractivity contribution is 5.82. The third-order valence-electron chi connectivity index (χ3n) is 5.00. The fourth-order valence-electron chi connectivity index (χ4n) is 3.56. The van der Waals surface area contributed by atoms with E-state index in [0.717, 1.165) is 64.5 Å². The van der Waals surface area contributed by atoms with Crippen molar-refractivity contribution < 1.29 is 9.59 Å². The molecule has 0 bridgehead atoms. The fraction of sp³-hybridized carbons (Fsp3) is 0.667. The van der Waals surface area contributed by atoms with Gasteiger partial charge >= 0.3 is 0 Å². The molecule has 0 aliphatic carbocycles. The summed E-state index contributed by atoms with van der Waals surface area (Å²) in [5.41, 5.74) is 0. The molecule has 4 nitrogen and oxygen atoms in total. The molecular weight excluding hydrogens is 276 g/mol. The van der Waals surface area contributed by atoms with Crippen molar-refractivity contribution in [3.8, 4) is 0 Å². The minimum Gasteiger partial charge on any atom is -0.319 e. The normalized spacial score (nSPS) is 25.1. The summed E-state index contributed by atoms with van der Waals surface area (Å²) >= 11 is 0.